The van der Waals surface area contributed by atoms with Crippen LogP contribution in [0.5, 0.6) is 0 Å². The SMILES string of the molecule is CC(=O)Nc1cccc(N2C(=O)N[C@@H](CCC(=O)N3CCO[C@@H](c4ccccc4)C3)C2=O)c1. The Balaban J connectivity index is 1.35. The summed E-state index contributed by atoms with van der Waals surface area (Å²) in [6.45, 7) is 2.78. The normalized spacial score (nSPS) is 20.5. The minimum atomic E-state index is -0.781. The maximum atomic E-state index is 12.9. The van der Waals surface area contributed by atoms with Crippen LogP contribution >= 0.6 is 0 Å². The standard InChI is InChI=1S/C24H26N4O5/c1-16(29)25-18-8-5-9-19(14-18)28-23(31)20(26-24(28)32)10-11-22(30)27-12-13-33-21(15-27)17-6-3-2-4-7-17/h2-9,14,20-21H,10-13,15H2,1H3,(H,25,29)(H,26,32)/t20-,21+/m0/s1. The Bertz CT molecular complexity index is 1060. The predicted octanol–water partition coefficient (Wildman–Crippen LogP) is 2.45. The van der Waals surface area contributed by atoms with Gasteiger partial charge in [-0.25, -0.2) is 9.69 Å². The highest BCUT2D eigenvalue weighted by molar-refractivity contribution is 6.21. The van der Waals surface area contributed by atoms with Crippen molar-refractivity contribution in [1.82, 2.24) is 10.2 Å². The fourth-order valence-corrected chi connectivity index (χ4v) is 4.07. The Morgan fingerprint density at radius 2 is 1.91 bits per heavy atom. The number of ether oxygens (including phenoxy) is 1. The van der Waals surface area contributed by atoms with Crippen molar-refractivity contribution < 1.29 is 23.9 Å². The molecule has 0 saturated carbocycles. The number of carbonyl (C=O) groups is 4. The molecule has 0 radical (unpaired) electrons. The van der Waals surface area contributed by atoms with Gasteiger partial charge in [-0.15, -0.1) is 0 Å². The molecule has 2 atom stereocenters. The van der Waals surface area contributed by atoms with Crippen molar-refractivity contribution >= 4 is 35.1 Å². The van der Waals surface area contributed by atoms with Gasteiger partial charge in [-0.2, -0.15) is 0 Å². The topological polar surface area (TPSA) is 108 Å². The molecular weight excluding hydrogens is 424 g/mol. The second-order valence-electron chi connectivity index (χ2n) is 8.06. The fraction of sp³-hybridized carbons (Fsp3) is 0.333. The third-order valence-corrected chi connectivity index (χ3v) is 5.68. The van der Waals surface area contributed by atoms with E-state index in [1.54, 1.807) is 29.2 Å². The second-order valence-corrected chi connectivity index (χ2v) is 8.06. The summed E-state index contributed by atoms with van der Waals surface area (Å²) < 4.78 is 5.81. The first-order valence-electron chi connectivity index (χ1n) is 10.9. The van der Waals surface area contributed by atoms with Crippen LogP contribution in [-0.4, -0.2) is 54.4 Å². The molecule has 2 aromatic rings. The van der Waals surface area contributed by atoms with Gasteiger partial charge in [0.25, 0.3) is 5.91 Å². The van der Waals surface area contributed by atoms with Gasteiger partial charge in [0.2, 0.25) is 11.8 Å². The molecule has 9 heteroatoms. The van der Waals surface area contributed by atoms with E-state index in [0.29, 0.717) is 31.1 Å². The molecule has 2 aromatic carbocycles. The molecule has 2 aliphatic heterocycles. The van der Waals surface area contributed by atoms with E-state index in [1.165, 1.54) is 6.92 Å². The number of nitrogens with one attached hydrogen (secondary N) is 2. The summed E-state index contributed by atoms with van der Waals surface area (Å²) in [5.41, 5.74) is 1.86. The smallest absolute Gasteiger partial charge is 0.329 e. The number of urea groups is 1. The van der Waals surface area contributed by atoms with Crippen LogP contribution in [0.2, 0.25) is 0 Å². The highest BCUT2D eigenvalue weighted by atomic mass is 16.5. The molecular formula is C24H26N4O5. The molecule has 172 valence electrons. The van der Waals surface area contributed by atoms with Gasteiger partial charge in [0.1, 0.15) is 12.1 Å². The average molecular weight is 450 g/mol. The van der Waals surface area contributed by atoms with Crippen LogP contribution < -0.4 is 15.5 Å². The third-order valence-electron chi connectivity index (χ3n) is 5.68. The first-order valence-corrected chi connectivity index (χ1v) is 10.9. The lowest BCUT2D eigenvalue weighted by Crippen LogP contribution is -2.43. The zero-order chi connectivity index (χ0) is 23.4. The van der Waals surface area contributed by atoms with Gasteiger partial charge < -0.3 is 20.3 Å². The van der Waals surface area contributed by atoms with Gasteiger partial charge in [-0.05, 0) is 30.2 Å². The number of benzene rings is 2. The van der Waals surface area contributed by atoms with Crippen LogP contribution in [-0.2, 0) is 19.1 Å². The second kappa shape index (κ2) is 9.83. The first-order chi connectivity index (χ1) is 15.9. The maximum absolute atomic E-state index is 12.9. The van der Waals surface area contributed by atoms with E-state index in [2.05, 4.69) is 10.6 Å². The molecule has 2 aliphatic rings. The number of anilines is 2. The molecule has 2 saturated heterocycles. The largest absolute Gasteiger partial charge is 0.370 e. The molecule has 0 bridgehead atoms. The van der Waals surface area contributed by atoms with Gasteiger partial charge in [-0.1, -0.05) is 36.4 Å². The lowest BCUT2D eigenvalue weighted by molar-refractivity contribution is -0.139. The van der Waals surface area contributed by atoms with Crippen molar-refractivity contribution in [3.63, 3.8) is 0 Å². The van der Waals surface area contributed by atoms with Crippen molar-refractivity contribution in [1.29, 1.82) is 0 Å². The lowest BCUT2D eigenvalue weighted by Gasteiger charge is -2.33. The zero-order valence-electron chi connectivity index (χ0n) is 18.3. The summed E-state index contributed by atoms with van der Waals surface area (Å²) in [6, 6.07) is 14.9. The quantitative estimate of drug-likeness (QED) is 0.658. The van der Waals surface area contributed by atoms with Gasteiger partial charge in [0, 0.05) is 25.6 Å². The number of imide groups is 1. The lowest BCUT2D eigenvalue weighted by atomic mass is 10.1. The number of morpholine rings is 1. The van der Waals surface area contributed by atoms with Crippen LogP contribution in [0.15, 0.2) is 54.6 Å². The van der Waals surface area contributed by atoms with Gasteiger partial charge in [0.05, 0.1) is 18.8 Å². The maximum Gasteiger partial charge on any atom is 0.329 e. The van der Waals surface area contributed by atoms with E-state index in [4.69, 9.17) is 4.74 Å². The van der Waals surface area contributed by atoms with Gasteiger partial charge in [-0.3, -0.25) is 14.4 Å². The van der Waals surface area contributed by atoms with Gasteiger partial charge in [0.15, 0.2) is 0 Å². The molecule has 0 unspecified atom stereocenters. The van der Waals surface area contributed by atoms with Crippen LogP contribution in [0, 0.1) is 0 Å². The van der Waals surface area contributed by atoms with Gasteiger partial charge >= 0.3 is 6.03 Å². The van der Waals surface area contributed by atoms with E-state index >= 15 is 0 Å². The number of amides is 5. The molecule has 5 amide bonds. The average Bonchev–Trinajstić information content (AvgIpc) is 3.10. The molecule has 9 nitrogen and oxygen atoms in total. The summed E-state index contributed by atoms with van der Waals surface area (Å²) in [4.78, 5) is 52.2. The number of rotatable bonds is 6. The fourth-order valence-electron chi connectivity index (χ4n) is 4.07. The number of nitrogens with zero attached hydrogens (tertiary/aromatic N) is 2. The van der Waals surface area contributed by atoms with E-state index in [-0.39, 0.29) is 30.8 Å². The van der Waals surface area contributed by atoms with E-state index < -0.39 is 18.0 Å². The van der Waals surface area contributed by atoms with Crippen molar-refractivity contribution in [2.24, 2.45) is 0 Å². The molecule has 0 spiro atoms. The number of hydrogen-bond donors (Lipinski definition) is 2. The molecule has 2 heterocycles. The summed E-state index contributed by atoms with van der Waals surface area (Å²) in [6.07, 6.45) is 0.166. The van der Waals surface area contributed by atoms with Crippen molar-refractivity contribution in [2.45, 2.75) is 31.9 Å². The van der Waals surface area contributed by atoms with E-state index in [1.807, 2.05) is 30.3 Å². The van der Waals surface area contributed by atoms with Crippen molar-refractivity contribution in [2.75, 3.05) is 29.9 Å². The monoisotopic (exact) mass is 450 g/mol. The van der Waals surface area contributed by atoms with Crippen LogP contribution in [0.4, 0.5) is 16.2 Å². The highest BCUT2D eigenvalue weighted by Crippen LogP contribution is 2.25. The van der Waals surface area contributed by atoms with Crippen LogP contribution in [0.1, 0.15) is 31.4 Å². The first kappa shape index (κ1) is 22.5. The van der Waals surface area contributed by atoms with Crippen LogP contribution in [0.25, 0.3) is 0 Å². The van der Waals surface area contributed by atoms with Crippen molar-refractivity contribution in [3.05, 3.63) is 60.2 Å². The summed E-state index contributed by atoms with van der Waals surface area (Å²) in [5.74, 6) is -0.748. The minimum absolute atomic E-state index is 0.0765. The van der Waals surface area contributed by atoms with E-state index in [9.17, 15) is 19.2 Å². The summed E-state index contributed by atoms with van der Waals surface area (Å²) in [5, 5.41) is 5.29. The Morgan fingerprint density at radius 3 is 2.67 bits per heavy atom. The van der Waals surface area contributed by atoms with Crippen molar-refractivity contribution in [3.8, 4) is 0 Å². The molecule has 0 aromatic heterocycles. The zero-order valence-corrected chi connectivity index (χ0v) is 18.3. The Hall–Kier alpha value is -3.72. The summed E-state index contributed by atoms with van der Waals surface area (Å²) >= 11 is 0. The minimum Gasteiger partial charge on any atom is -0.370 e. The Kier molecular flexibility index (Phi) is 6.69. The van der Waals surface area contributed by atoms with Crippen LogP contribution in [0.3, 0.4) is 0 Å². The molecule has 2 fully saturated rings. The number of carbonyl (C=O) groups excluding carboxylic acids is 4. The summed E-state index contributed by atoms with van der Waals surface area (Å²) in [7, 11) is 0. The molecule has 33 heavy (non-hydrogen) atoms. The molecule has 4 rings (SSSR count). The number of hydrogen-bond acceptors (Lipinski definition) is 5. The third kappa shape index (κ3) is 5.20. The Morgan fingerprint density at radius 1 is 1.12 bits per heavy atom. The Labute approximate surface area is 191 Å². The molecule has 0 aliphatic carbocycles. The molecule has 2 N–H and O–H groups in total. The van der Waals surface area contributed by atoms with E-state index in [0.717, 1.165) is 10.5 Å². The highest BCUT2D eigenvalue weighted by Gasteiger charge is 2.39. The predicted molar refractivity (Wildman–Crippen MR) is 122 cm³/mol.